The van der Waals surface area contributed by atoms with Crippen molar-refractivity contribution in [2.45, 2.75) is 6.36 Å². The number of nitrogens with zero attached hydrogens (tertiary/aromatic N) is 1. The number of nitro groups is 1. The minimum absolute atomic E-state index is 0.202. The van der Waals surface area contributed by atoms with E-state index in [2.05, 4.69) is 4.74 Å². The van der Waals surface area contributed by atoms with E-state index in [9.17, 15) is 27.7 Å². The first-order chi connectivity index (χ1) is 7.20. The Balaban J connectivity index is 3.16. The van der Waals surface area contributed by atoms with Crippen LogP contribution in [0.5, 0.6) is 5.75 Å². The Morgan fingerprint density at radius 1 is 1.38 bits per heavy atom. The first-order valence-corrected chi connectivity index (χ1v) is 3.97. The first-order valence-electron chi connectivity index (χ1n) is 3.60. The van der Waals surface area contributed by atoms with Crippen LogP contribution < -0.4 is 4.74 Å². The Bertz CT molecular complexity index is 434. The zero-order chi connectivity index (χ0) is 12.5. The molecular formula is C7H2ClF4NO3. The van der Waals surface area contributed by atoms with E-state index in [1.165, 1.54) is 0 Å². The molecule has 0 fully saturated rings. The van der Waals surface area contributed by atoms with Gasteiger partial charge in [-0.05, 0) is 0 Å². The second-order valence-corrected chi connectivity index (χ2v) is 2.95. The fourth-order valence-electron chi connectivity index (χ4n) is 0.861. The lowest BCUT2D eigenvalue weighted by Gasteiger charge is -2.10. The SMILES string of the molecule is O=[N+]([O-])c1cc(Cl)c(OC(F)(F)F)cc1F. The fourth-order valence-corrected chi connectivity index (χ4v) is 1.06. The zero-order valence-corrected chi connectivity index (χ0v) is 7.97. The van der Waals surface area contributed by atoms with Crippen LogP contribution in [0.25, 0.3) is 0 Å². The minimum Gasteiger partial charge on any atom is -0.404 e. The van der Waals surface area contributed by atoms with Crippen molar-refractivity contribution in [3.05, 3.63) is 33.1 Å². The maximum atomic E-state index is 12.9. The molecule has 0 spiro atoms. The molecule has 0 heterocycles. The highest BCUT2D eigenvalue weighted by molar-refractivity contribution is 6.32. The summed E-state index contributed by atoms with van der Waals surface area (Å²) in [5.41, 5.74) is -1.03. The van der Waals surface area contributed by atoms with E-state index in [4.69, 9.17) is 11.6 Å². The molecule has 1 rings (SSSR count). The van der Waals surface area contributed by atoms with Gasteiger partial charge in [-0.15, -0.1) is 13.2 Å². The van der Waals surface area contributed by atoms with Crippen LogP contribution in [0.15, 0.2) is 12.1 Å². The quantitative estimate of drug-likeness (QED) is 0.465. The lowest BCUT2D eigenvalue weighted by atomic mass is 10.3. The lowest BCUT2D eigenvalue weighted by molar-refractivity contribution is -0.387. The van der Waals surface area contributed by atoms with Gasteiger partial charge in [0, 0.05) is 12.1 Å². The summed E-state index contributed by atoms with van der Waals surface area (Å²) in [6, 6.07) is 0.645. The number of nitro benzene ring substituents is 1. The van der Waals surface area contributed by atoms with E-state index in [-0.39, 0.29) is 6.07 Å². The summed E-state index contributed by atoms with van der Waals surface area (Å²) in [5.74, 6) is -2.49. The molecule has 0 aliphatic rings. The van der Waals surface area contributed by atoms with E-state index < -0.39 is 33.6 Å². The van der Waals surface area contributed by atoms with Crippen LogP contribution in [-0.4, -0.2) is 11.3 Å². The van der Waals surface area contributed by atoms with E-state index >= 15 is 0 Å². The monoisotopic (exact) mass is 259 g/mol. The van der Waals surface area contributed by atoms with Crippen LogP contribution in [0, 0.1) is 15.9 Å². The average Bonchev–Trinajstić information content (AvgIpc) is 2.07. The molecule has 0 aromatic heterocycles. The van der Waals surface area contributed by atoms with Crippen molar-refractivity contribution in [1.29, 1.82) is 0 Å². The van der Waals surface area contributed by atoms with Crippen molar-refractivity contribution in [2.75, 3.05) is 0 Å². The van der Waals surface area contributed by atoms with Crippen LogP contribution in [0.3, 0.4) is 0 Å². The molecule has 0 saturated heterocycles. The molecule has 0 N–H and O–H groups in total. The number of halogens is 5. The summed E-state index contributed by atoms with van der Waals surface area (Å²) in [4.78, 5) is 9.10. The van der Waals surface area contributed by atoms with Gasteiger partial charge in [0.2, 0.25) is 5.82 Å². The number of ether oxygens (including phenoxy) is 1. The average molecular weight is 260 g/mol. The molecule has 0 bridgehead atoms. The minimum atomic E-state index is -5.05. The molecule has 4 nitrogen and oxygen atoms in total. The fraction of sp³-hybridized carbons (Fsp3) is 0.143. The molecule has 0 atom stereocenters. The molecule has 0 unspecified atom stereocenters. The van der Waals surface area contributed by atoms with Gasteiger partial charge in [0.05, 0.1) is 9.95 Å². The Hall–Kier alpha value is -1.57. The lowest BCUT2D eigenvalue weighted by Crippen LogP contribution is -2.17. The second kappa shape index (κ2) is 4.12. The molecule has 16 heavy (non-hydrogen) atoms. The van der Waals surface area contributed by atoms with Crippen molar-refractivity contribution < 1.29 is 27.2 Å². The normalized spacial score (nSPS) is 11.3. The number of hydrogen-bond acceptors (Lipinski definition) is 3. The van der Waals surface area contributed by atoms with Crippen LogP contribution >= 0.6 is 11.6 Å². The third-order valence-electron chi connectivity index (χ3n) is 1.42. The Labute approximate surface area is 90.5 Å². The molecule has 9 heteroatoms. The van der Waals surface area contributed by atoms with Gasteiger partial charge in [-0.25, -0.2) is 0 Å². The molecule has 0 radical (unpaired) electrons. The van der Waals surface area contributed by atoms with Gasteiger partial charge in [0.1, 0.15) is 0 Å². The predicted molar refractivity (Wildman–Crippen MR) is 44.7 cm³/mol. The van der Waals surface area contributed by atoms with Crippen molar-refractivity contribution in [1.82, 2.24) is 0 Å². The van der Waals surface area contributed by atoms with Crippen molar-refractivity contribution in [3.63, 3.8) is 0 Å². The molecule has 1 aromatic rings. The number of benzene rings is 1. The Morgan fingerprint density at radius 3 is 2.38 bits per heavy atom. The maximum absolute atomic E-state index is 12.9. The van der Waals surface area contributed by atoms with Gasteiger partial charge >= 0.3 is 12.0 Å². The summed E-state index contributed by atoms with van der Waals surface area (Å²) in [6.45, 7) is 0. The molecule has 1 aromatic carbocycles. The maximum Gasteiger partial charge on any atom is 0.573 e. The van der Waals surface area contributed by atoms with E-state index in [0.717, 1.165) is 0 Å². The topological polar surface area (TPSA) is 52.4 Å². The summed E-state index contributed by atoms with van der Waals surface area (Å²) in [5, 5.41) is 9.51. The highest BCUT2D eigenvalue weighted by atomic mass is 35.5. The molecule has 0 amide bonds. The predicted octanol–water partition coefficient (Wildman–Crippen LogP) is 3.29. The smallest absolute Gasteiger partial charge is 0.404 e. The second-order valence-electron chi connectivity index (χ2n) is 2.54. The van der Waals surface area contributed by atoms with E-state index in [1.807, 2.05) is 0 Å². The van der Waals surface area contributed by atoms with Gasteiger partial charge in [0.15, 0.2) is 5.75 Å². The molecule has 0 aliphatic carbocycles. The van der Waals surface area contributed by atoms with E-state index in [0.29, 0.717) is 6.07 Å². The third-order valence-corrected chi connectivity index (χ3v) is 1.72. The number of alkyl halides is 3. The zero-order valence-electron chi connectivity index (χ0n) is 7.22. The van der Waals surface area contributed by atoms with Crippen molar-refractivity contribution in [3.8, 4) is 5.75 Å². The van der Waals surface area contributed by atoms with Crippen molar-refractivity contribution in [2.24, 2.45) is 0 Å². The Morgan fingerprint density at radius 2 is 1.94 bits per heavy atom. The van der Waals surface area contributed by atoms with Crippen LogP contribution in [0.1, 0.15) is 0 Å². The van der Waals surface area contributed by atoms with Crippen LogP contribution in [-0.2, 0) is 0 Å². The Kier molecular flexibility index (Phi) is 3.22. The van der Waals surface area contributed by atoms with Gasteiger partial charge in [0.25, 0.3) is 0 Å². The highest BCUT2D eigenvalue weighted by Gasteiger charge is 2.33. The molecule has 88 valence electrons. The number of hydrogen-bond donors (Lipinski definition) is 0. The van der Waals surface area contributed by atoms with Gasteiger partial charge in [-0.3, -0.25) is 10.1 Å². The molecular weight excluding hydrogens is 258 g/mol. The number of rotatable bonds is 2. The van der Waals surface area contributed by atoms with Gasteiger partial charge in [-0.2, -0.15) is 4.39 Å². The van der Waals surface area contributed by atoms with Gasteiger partial charge in [-0.1, -0.05) is 11.6 Å². The standard InChI is InChI=1S/C7H2ClF4NO3/c8-3-1-5(13(14)15)4(9)2-6(3)16-7(10,11)12/h1-2H. The highest BCUT2D eigenvalue weighted by Crippen LogP contribution is 2.34. The largest absolute Gasteiger partial charge is 0.573 e. The summed E-state index contributed by atoms with van der Waals surface area (Å²) >= 11 is 5.26. The van der Waals surface area contributed by atoms with Gasteiger partial charge < -0.3 is 4.74 Å². The summed E-state index contributed by atoms with van der Waals surface area (Å²) < 4.78 is 51.6. The van der Waals surface area contributed by atoms with Crippen LogP contribution in [0.2, 0.25) is 5.02 Å². The van der Waals surface area contributed by atoms with Crippen LogP contribution in [0.4, 0.5) is 23.2 Å². The first kappa shape index (κ1) is 12.5. The molecule has 0 aliphatic heterocycles. The molecule has 0 saturated carbocycles. The van der Waals surface area contributed by atoms with E-state index in [1.54, 1.807) is 0 Å². The summed E-state index contributed by atoms with van der Waals surface area (Å²) in [7, 11) is 0. The summed E-state index contributed by atoms with van der Waals surface area (Å²) in [6.07, 6.45) is -5.05. The third kappa shape index (κ3) is 2.96. The van der Waals surface area contributed by atoms with Crippen molar-refractivity contribution >= 4 is 17.3 Å².